The fourth-order valence-electron chi connectivity index (χ4n) is 8.47. The van der Waals surface area contributed by atoms with Crippen LogP contribution in [0, 0.1) is 0 Å². The third-order valence-corrected chi connectivity index (χ3v) is 10.2. The van der Waals surface area contributed by atoms with Crippen LogP contribution in [0.4, 0.5) is 11.4 Å². The zero-order valence-corrected chi connectivity index (χ0v) is 24.8. The van der Waals surface area contributed by atoms with E-state index in [-0.39, 0.29) is 6.85 Å². The monoisotopic (exact) mass is 584 g/mol. The van der Waals surface area contributed by atoms with E-state index in [1.165, 1.54) is 66.2 Å². The summed E-state index contributed by atoms with van der Waals surface area (Å²) in [6.45, 7) is -0.0356. The van der Waals surface area contributed by atoms with Crippen LogP contribution in [0.1, 0.15) is 0 Å². The number of nitrogens with zero attached hydrogens (tertiary/aromatic N) is 2. The van der Waals surface area contributed by atoms with E-state index in [0.717, 1.165) is 27.8 Å². The normalized spacial score (nSPS) is 13.1. The molecule has 4 heterocycles. The minimum absolute atomic E-state index is 0.0356. The lowest BCUT2D eigenvalue weighted by Crippen LogP contribution is -2.59. The lowest BCUT2D eigenvalue weighted by atomic mass is 9.42. The van der Waals surface area contributed by atoms with Gasteiger partial charge in [-0.25, -0.2) is 0 Å². The molecule has 212 valence electrons. The first-order chi connectivity index (χ1) is 22.9. The predicted molar refractivity (Wildman–Crippen MR) is 193 cm³/mol. The molecule has 0 aliphatic carbocycles. The van der Waals surface area contributed by atoms with Gasteiger partial charge in [-0.15, -0.1) is 0 Å². The molecule has 11 rings (SSSR count). The highest BCUT2D eigenvalue weighted by Crippen LogP contribution is 2.51. The molecule has 0 atom stereocenters. The number of hydrogen-bond acceptors (Lipinski definition) is 2. The van der Waals surface area contributed by atoms with Crippen LogP contribution in [-0.2, 0) is 0 Å². The van der Waals surface area contributed by atoms with E-state index in [1.54, 1.807) is 0 Å². The van der Waals surface area contributed by atoms with Gasteiger partial charge in [-0.3, -0.25) is 0 Å². The van der Waals surface area contributed by atoms with Gasteiger partial charge in [0.05, 0.1) is 11.0 Å². The molecule has 4 heteroatoms. The van der Waals surface area contributed by atoms with Crippen LogP contribution < -0.4 is 15.7 Å². The second-order valence-corrected chi connectivity index (χ2v) is 12.4. The third-order valence-electron chi connectivity index (χ3n) is 10.2. The van der Waals surface area contributed by atoms with E-state index in [0.29, 0.717) is 0 Å². The van der Waals surface area contributed by atoms with Gasteiger partial charge in [0, 0.05) is 49.7 Å². The van der Waals surface area contributed by atoms with Crippen molar-refractivity contribution in [1.29, 1.82) is 0 Å². The van der Waals surface area contributed by atoms with Gasteiger partial charge in [-0.05, 0) is 58.5 Å². The Hall–Kier alpha value is -6.00. The van der Waals surface area contributed by atoms with E-state index in [4.69, 9.17) is 4.42 Å². The fourth-order valence-corrected chi connectivity index (χ4v) is 8.47. The summed E-state index contributed by atoms with van der Waals surface area (Å²) >= 11 is 0. The van der Waals surface area contributed by atoms with Crippen LogP contribution in [0.3, 0.4) is 0 Å². The lowest BCUT2D eigenvalue weighted by molar-refractivity contribution is 0.671. The third kappa shape index (κ3) is 2.94. The Morgan fingerprint density at radius 1 is 0.500 bits per heavy atom. The van der Waals surface area contributed by atoms with Crippen molar-refractivity contribution < 1.29 is 4.42 Å². The molecule has 0 amide bonds. The first-order valence-corrected chi connectivity index (χ1v) is 15.9. The number of aromatic nitrogens is 1. The number of rotatable bonds is 1. The molecule has 3 nitrogen and oxygen atoms in total. The van der Waals surface area contributed by atoms with Gasteiger partial charge in [0.1, 0.15) is 5.58 Å². The summed E-state index contributed by atoms with van der Waals surface area (Å²) in [5.74, 6) is 0. The number of fused-ring (bicyclic) bond motifs is 20. The van der Waals surface area contributed by atoms with Gasteiger partial charge in [0.2, 0.25) is 0 Å². The van der Waals surface area contributed by atoms with Crippen LogP contribution >= 0.6 is 0 Å². The van der Waals surface area contributed by atoms with E-state index < -0.39 is 0 Å². The molecule has 0 radical (unpaired) electrons. The molecular formula is C42H25BN2O. The first kappa shape index (κ1) is 24.3. The molecular weight excluding hydrogens is 559 g/mol. The molecule has 9 aromatic rings. The molecule has 2 aromatic heterocycles. The number of benzene rings is 7. The number of para-hydroxylation sites is 5. The Kier molecular flexibility index (Phi) is 4.66. The smallest absolute Gasteiger partial charge is 0.330 e. The maximum absolute atomic E-state index is 6.97. The summed E-state index contributed by atoms with van der Waals surface area (Å²) in [5.41, 5.74) is 15.4. The standard InChI is InChI=1S/C42H25BN2O/c1-2-14-26(15-3-1)44-33-22-10-6-18-29(33)39-40-37(38-31-20-8-13-25-36(31)46-42(38)41(39)44)30-19-7-12-24-35(30)45-34-23-11-5-17-28(34)27-16-4-9-21-32(27)43(40)45/h1-25H. The Labute approximate surface area is 265 Å². The van der Waals surface area contributed by atoms with Crippen LogP contribution in [0.15, 0.2) is 156 Å². The molecule has 7 aromatic carbocycles. The van der Waals surface area contributed by atoms with Crippen LogP contribution in [-0.4, -0.2) is 11.4 Å². The van der Waals surface area contributed by atoms with Crippen molar-refractivity contribution in [3.63, 3.8) is 0 Å². The summed E-state index contributed by atoms with van der Waals surface area (Å²) in [6, 6.07) is 55.0. The molecule has 0 unspecified atom stereocenters. The van der Waals surface area contributed by atoms with E-state index >= 15 is 0 Å². The molecule has 0 N–H and O–H groups in total. The van der Waals surface area contributed by atoms with Gasteiger partial charge < -0.3 is 13.8 Å². The van der Waals surface area contributed by atoms with Crippen molar-refractivity contribution >= 4 is 72.9 Å². The van der Waals surface area contributed by atoms with E-state index in [9.17, 15) is 0 Å². The average molecular weight is 584 g/mol. The average Bonchev–Trinajstić information content (AvgIpc) is 3.68. The molecule has 2 aliphatic rings. The minimum atomic E-state index is -0.0356. The molecule has 0 spiro atoms. The second-order valence-electron chi connectivity index (χ2n) is 12.4. The minimum Gasteiger partial charge on any atom is -0.454 e. The highest BCUT2D eigenvalue weighted by molar-refractivity contribution is 6.94. The van der Waals surface area contributed by atoms with Crippen LogP contribution in [0.2, 0.25) is 0 Å². The van der Waals surface area contributed by atoms with E-state index in [1.807, 2.05) is 0 Å². The van der Waals surface area contributed by atoms with Crippen molar-refractivity contribution in [3.05, 3.63) is 152 Å². The largest absolute Gasteiger partial charge is 0.454 e. The summed E-state index contributed by atoms with van der Waals surface area (Å²) in [6.07, 6.45) is 0. The van der Waals surface area contributed by atoms with Gasteiger partial charge in [0.25, 0.3) is 0 Å². The Morgan fingerprint density at radius 3 is 1.98 bits per heavy atom. The molecule has 2 aliphatic heterocycles. The maximum Gasteiger partial charge on any atom is 0.330 e. The predicted octanol–water partition coefficient (Wildman–Crippen LogP) is 9.59. The quantitative estimate of drug-likeness (QED) is 0.179. The van der Waals surface area contributed by atoms with Crippen LogP contribution in [0.25, 0.3) is 71.7 Å². The van der Waals surface area contributed by atoms with Gasteiger partial charge >= 0.3 is 6.85 Å². The zero-order valence-electron chi connectivity index (χ0n) is 24.8. The summed E-state index contributed by atoms with van der Waals surface area (Å²) in [5, 5.41) is 4.81. The van der Waals surface area contributed by atoms with Gasteiger partial charge in [-0.1, -0.05) is 115 Å². The lowest BCUT2D eigenvalue weighted by Gasteiger charge is -2.43. The Balaban J connectivity index is 1.45. The highest BCUT2D eigenvalue weighted by atomic mass is 16.3. The Morgan fingerprint density at radius 2 is 1.13 bits per heavy atom. The number of hydrogen-bond donors (Lipinski definition) is 0. The number of furan rings is 1. The summed E-state index contributed by atoms with van der Waals surface area (Å²) in [7, 11) is 0. The molecule has 0 bridgehead atoms. The molecule has 46 heavy (non-hydrogen) atoms. The highest BCUT2D eigenvalue weighted by Gasteiger charge is 2.45. The second kappa shape index (κ2) is 8.80. The van der Waals surface area contributed by atoms with Crippen molar-refractivity contribution in [2.45, 2.75) is 0 Å². The molecule has 0 saturated carbocycles. The fraction of sp³-hybridized carbons (Fsp3) is 0. The summed E-state index contributed by atoms with van der Waals surface area (Å²) in [4.78, 5) is 2.59. The zero-order chi connectivity index (χ0) is 29.9. The maximum atomic E-state index is 6.97. The Bertz CT molecular complexity index is 2720. The van der Waals surface area contributed by atoms with Crippen molar-refractivity contribution in [2.75, 3.05) is 4.81 Å². The van der Waals surface area contributed by atoms with Crippen molar-refractivity contribution in [1.82, 2.24) is 4.57 Å². The van der Waals surface area contributed by atoms with Crippen molar-refractivity contribution in [2.24, 2.45) is 0 Å². The molecule has 0 saturated heterocycles. The van der Waals surface area contributed by atoms with Crippen molar-refractivity contribution in [3.8, 4) is 27.9 Å². The molecule has 0 fully saturated rings. The van der Waals surface area contributed by atoms with Gasteiger partial charge in [-0.2, -0.15) is 0 Å². The number of anilines is 2. The van der Waals surface area contributed by atoms with Crippen LogP contribution in [0.5, 0.6) is 0 Å². The van der Waals surface area contributed by atoms with E-state index in [2.05, 4.69) is 161 Å². The summed E-state index contributed by atoms with van der Waals surface area (Å²) < 4.78 is 9.39. The SMILES string of the molecule is c1ccc(-n2c3ccccc3c3c4c(c5c6ccccc6oc5c32)-c2ccccc2N2B4c3ccccc3-c3ccccc32)cc1. The topological polar surface area (TPSA) is 21.3 Å². The first-order valence-electron chi connectivity index (χ1n) is 15.9. The van der Waals surface area contributed by atoms with Gasteiger partial charge in [0.15, 0.2) is 5.58 Å².